The molecule has 0 saturated carbocycles. The second-order valence-electron chi connectivity index (χ2n) is 5.61. The van der Waals surface area contributed by atoms with Gasteiger partial charge in [-0.1, -0.05) is 36.4 Å². The quantitative estimate of drug-likeness (QED) is 0.644. The molecule has 2 aromatic carbocycles. The molecular formula is C20H20F2N2O4. The maximum atomic E-state index is 12.4. The molecule has 0 aromatic heterocycles. The van der Waals surface area contributed by atoms with E-state index in [0.29, 0.717) is 11.1 Å². The Labute approximate surface area is 160 Å². The molecule has 0 radical (unpaired) electrons. The van der Waals surface area contributed by atoms with Gasteiger partial charge >= 0.3 is 6.61 Å². The van der Waals surface area contributed by atoms with Gasteiger partial charge in [-0.3, -0.25) is 9.59 Å². The Kier molecular flexibility index (Phi) is 7.50. The number of rotatable bonds is 9. The molecule has 148 valence electrons. The van der Waals surface area contributed by atoms with Gasteiger partial charge in [0, 0.05) is 6.08 Å². The first-order valence-corrected chi connectivity index (χ1v) is 8.45. The van der Waals surface area contributed by atoms with Crippen molar-refractivity contribution in [1.82, 2.24) is 5.32 Å². The molecule has 0 fully saturated rings. The third kappa shape index (κ3) is 6.08. The Morgan fingerprint density at radius 2 is 1.86 bits per heavy atom. The van der Waals surface area contributed by atoms with Gasteiger partial charge in [0.1, 0.15) is 6.04 Å². The maximum Gasteiger partial charge on any atom is 0.387 e. The summed E-state index contributed by atoms with van der Waals surface area (Å²) in [6.07, 6.45) is 2.66. The van der Waals surface area contributed by atoms with Crippen molar-refractivity contribution in [3.63, 3.8) is 0 Å². The average molecular weight is 390 g/mol. The first-order chi connectivity index (χ1) is 13.4. The number of hydrogen-bond donors (Lipinski definition) is 2. The summed E-state index contributed by atoms with van der Waals surface area (Å²) in [6, 6.07) is 11.9. The number of amides is 2. The van der Waals surface area contributed by atoms with Crippen LogP contribution in [0.1, 0.15) is 24.1 Å². The summed E-state index contributed by atoms with van der Waals surface area (Å²) >= 11 is 0. The Morgan fingerprint density at radius 3 is 2.46 bits per heavy atom. The molecular weight excluding hydrogens is 370 g/mol. The van der Waals surface area contributed by atoms with Crippen LogP contribution in [0.3, 0.4) is 0 Å². The van der Waals surface area contributed by atoms with Crippen molar-refractivity contribution in [3.8, 4) is 11.5 Å². The molecule has 0 bridgehead atoms. The molecule has 0 aliphatic rings. The van der Waals surface area contributed by atoms with Crippen LogP contribution in [0.4, 0.5) is 8.78 Å². The number of halogens is 2. The molecule has 2 rings (SSSR count). The fourth-order valence-corrected chi connectivity index (χ4v) is 2.42. The smallest absolute Gasteiger partial charge is 0.387 e. The number of ether oxygens (including phenoxy) is 2. The van der Waals surface area contributed by atoms with E-state index in [1.807, 2.05) is 0 Å². The van der Waals surface area contributed by atoms with Gasteiger partial charge in [-0.15, -0.1) is 0 Å². The second-order valence-corrected chi connectivity index (χ2v) is 5.61. The highest BCUT2D eigenvalue weighted by Gasteiger charge is 2.18. The van der Waals surface area contributed by atoms with Crippen LogP contribution in [-0.2, 0) is 9.59 Å². The van der Waals surface area contributed by atoms with Crippen LogP contribution in [0.15, 0.2) is 54.6 Å². The summed E-state index contributed by atoms with van der Waals surface area (Å²) in [7, 11) is 0. The number of nitrogens with one attached hydrogen (secondary N) is 1. The van der Waals surface area contributed by atoms with E-state index < -0.39 is 24.5 Å². The molecule has 2 aromatic rings. The first-order valence-electron chi connectivity index (χ1n) is 8.45. The van der Waals surface area contributed by atoms with E-state index in [-0.39, 0.29) is 18.1 Å². The Balaban J connectivity index is 2.12. The zero-order valence-corrected chi connectivity index (χ0v) is 15.1. The van der Waals surface area contributed by atoms with Gasteiger partial charge in [0.2, 0.25) is 11.8 Å². The van der Waals surface area contributed by atoms with Gasteiger partial charge in [0.25, 0.3) is 0 Å². The predicted molar refractivity (Wildman–Crippen MR) is 99.8 cm³/mol. The predicted octanol–water partition coefficient (Wildman–Crippen LogP) is 3.04. The van der Waals surface area contributed by atoms with Gasteiger partial charge in [-0.05, 0) is 36.3 Å². The van der Waals surface area contributed by atoms with Crippen molar-refractivity contribution in [3.05, 3.63) is 65.7 Å². The van der Waals surface area contributed by atoms with Crippen LogP contribution in [0.5, 0.6) is 11.5 Å². The van der Waals surface area contributed by atoms with Crippen molar-refractivity contribution < 1.29 is 27.8 Å². The van der Waals surface area contributed by atoms with Crippen LogP contribution in [0.25, 0.3) is 6.08 Å². The standard InChI is InChI=1S/C20H20F2N2O4/c1-2-27-16-12-13(8-10-15(16)28-20(21)22)9-11-17(25)24-18(19(23)26)14-6-4-3-5-7-14/h3-12,18,20H,2H2,1H3,(H2,23,26)(H,24,25)/b11-9+. The van der Waals surface area contributed by atoms with Gasteiger partial charge in [0.05, 0.1) is 6.61 Å². The fraction of sp³-hybridized carbons (Fsp3) is 0.200. The highest BCUT2D eigenvalue weighted by Crippen LogP contribution is 2.30. The number of carbonyl (C=O) groups is 2. The molecule has 0 aliphatic heterocycles. The summed E-state index contributed by atoms with van der Waals surface area (Å²) in [6.45, 7) is -1.02. The van der Waals surface area contributed by atoms with Crippen LogP contribution in [0, 0.1) is 0 Å². The summed E-state index contributed by atoms with van der Waals surface area (Å²) in [5, 5.41) is 2.52. The Hall–Kier alpha value is -3.42. The lowest BCUT2D eigenvalue weighted by atomic mass is 10.1. The van der Waals surface area contributed by atoms with Gasteiger partial charge in [-0.2, -0.15) is 8.78 Å². The fourth-order valence-electron chi connectivity index (χ4n) is 2.42. The number of benzene rings is 2. The summed E-state index contributed by atoms with van der Waals surface area (Å²) in [5.41, 5.74) is 6.45. The molecule has 0 heterocycles. The molecule has 0 aliphatic carbocycles. The van der Waals surface area contributed by atoms with Crippen molar-refractivity contribution in [2.45, 2.75) is 19.6 Å². The normalized spacial score (nSPS) is 12.0. The minimum Gasteiger partial charge on any atom is -0.490 e. The monoisotopic (exact) mass is 390 g/mol. The zero-order chi connectivity index (χ0) is 20.5. The van der Waals surface area contributed by atoms with E-state index in [1.165, 1.54) is 30.4 Å². The first kappa shape index (κ1) is 20.9. The van der Waals surface area contributed by atoms with E-state index >= 15 is 0 Å². The molecule has 0 spiro atoms. The Morgan fingerprint density at radius 1 is 1.14 bits per heavy atom. The molecule has 6 nitrogen and oxygen atoms in total. The number of hydrogen-bond acceptors (Lipinski definition) is 4. The molecule has 0 saturated heterocycles. The lowest BCUT2D eigenvalue weighted by molar-refractivity contribution is -0.125. The molecule has 28 heavy (non-hydrogen) atoms. The highest BCUT2D eigenvalue weighted by molar-refractivity contribution is 5.95. The summed E-state index contributed by atoms with van der Waals surface area (Å²) in [4.78, 5) is 23.8. The third-order valence-electron chi connectivity index (χ3n) is 3.61. The van der Waals surface area contributed by atoms with E-state index in [0.717, 1.165) is 0 Å². The zero-order valence-electron chi connectivity index (χ0n) is 15.1. The van der Waals surface area contributed by atoms with Crippen LogP contribution < -0.4 is 20.5 Å². The number of nitrogens with two attached hydrogens (primary N) is 1. The third-order valence-corrected chi connectivity index (χ3v) is 3.61. The number of alkyl halides is 2. The largest absolute Gasteiger partial charge is 0.490 e. The number of primary amides is 1. The summed E-state index contributed by atoms with van der Waals surface area (Å²) < 4.78 is 34.6. The van der Waals surface area contributed by atoms with E-state index in [2.05, 4.69) is 10.1 Å². The Bertz CT molecular complexity index is 841. The minimum atomic E-state index is -2.98. The lowest BCUT2D eigenvalue weighted by Crippen LogP contribution is -2.36. The topological polar surface area (TPSA) is 90.6 Å². The maximum absolute atomic E-state index is 12.4. The van der Waals surface area contributed by atoms with Gasteiger partial charge < -0.3 is 20.5 Å². The summed E-state index contributed by atoms with van der Waals surface area (Å²) in [5.74, 6) is -1.21. The van der Waals surface area contributed by atoms with Crippen LogP contribution in [-0.4, -0.2) is 25.0 Å². The molecule has 1 atom stereocenters. The van der Waals surface area contributed by atoms with Gasteiger partial charge in [-0.25, -0.2) is 0 Å². The number of carbonyl (C=O) groups excluding carboxylic acids is 2. The molecule has 3 N–H and O–H groups in total. The molecule has 8 heteroatoms. The van der Waals surface area contributed by atoms with Crippen molar-refractivity contribution in [2.24, 2.45) is 5.73 Å². The van der Waals surface area contributed by atoms with E-state index in [4.69, 9.17) is 10.5 Å². The minimum absolute atomic E-state index is 0.101. The second kappa shape index (κ2) is 10.1. The average Bonchev–Trinajstić information content (AvgIpc) is 2.66. The van der Waals surface area contributed by atoms with Crippen molar-refractivity contribution in [1.29, 1.82) is 0 Å². The SMILES string of the molecule is CCOc1cc(/C=C/C(=O)NC(C(N)=O)c2ccccc2)ccc1OC(F)F. The van der Waals surface area contributed by atoms with E-state index in [9.17, 15) is 18.4 Å². The lowest BCUT2D eigenvalue weighted by Gasteiger charge is -2.14. The highest BCUT2D eigenvalue weighted by atomic mass is 19.3. The molecule has 1 unspecified atom stereocenters. The van der Waals surface area contributed by atoms with Crippen LogP contribution >= 0.6 is 0 Å². The van der Waals surface area contributed by atoms with E-state index in [1.54, 1.807) is 37.3 Å². The van der Waals surface area contributed by atoms with Crippen LogP contribution in [0.2, 0.25) is 0 Å². The van der Waals surface area contributed by atoms with Crippen molar-refractivity contribution in [2.75, 3.05) is 6.61 Å². The van der Waals surface area contributed by atoms with Crippen molar-refractivity contribution >= 4 is 17.9 Å². The molecule has 2 amide bonds. The van der Waals surface area contributed by atoms with Gasteiger partial charge in [0.15, 0.2) is 11.5 Å².